The summed E-state index contributed by atoms with van der Waals surface area (Å²) in [5.74, 6) is -1.02. The number of benzene rings is 1. The molecule has 8 heteroatoms. The van der Waals surface area contributed by atoms with Gasteiger partial charge in [-0.25, -0.2) is 9.59 Å². The van der Waals surface area contributed by atoms with E-state index in [0.717, 1.165) is 10.5 Å². The molecule has 1 unspecified atom stereocenters. The molecule has 0 fully saturated rings. The average Bonchev–Trinajstić information content (AvgIpc) is 2.53. The number of hydrogen-bond donors (Lipinski definition) is 2. The fraction of sp³-hybridized carbons (Fsp3) is 0.500. The van der Waals surface area contributed by atoms with Gasteiger partial charge in [-0.2, -0.15) is 0 Å². The fourth-order valence-electron chi connectivity index (χ4n) is 2.06. The predicted octanol–water partition coefficient (Wildman–Crippen LogP) is 1.46. The summed E-state index contributed by atoms with van der Waals surface area (Å²) in [5, 5.41) is 11.9. The second-order valence-corrected chi connectivity index (χ2v) is 6.85. The molecule has 0 aliphatic heterocycles. The molecule has 2 amide bonds. The number of methoxy groups -OCH3 is 1. The molecule has 0 spiro atoms. The van der Waals surface area contributed by atoms with Crippen molar-refractivity contribution in [1.29, 1.82) is 0 Å². The average molecular weight is 366 g/mol. The number of carbonyl (C=O) groups is 3. The molecule has 8 nitrogen and oxygen atoms in total. The normalized spacial score (nSPS) is 12.0. The van der Waals surface area contributed by atoms with Crippen molar-refractivity contribution >= 4 is 18.0 Å². The number of phenols is 1. The van der Waals surface area contributed by atoms with Crippen molar-refractivity contribution in [1.82, 2.24) is 10.2 Å². The molecule has 144 valence electrons. The zero-order valence-electron chi connectivity index (χ0n) is 15.7. The number of amides is 2. The standard InChI is InChI=1S/C18H26N2O6/c1-18(2,3)26-17(24)20(4)11-15(22)19-14(16(23)25-5)10-12-6-8-13(21)9-7-12/h6-9,14,21H,10-11H2,1-5H3,(H,19,22). The molecule has 1 aromatic rings. The maximum absolute atomic E-state index is 12.2. The first kappa shape index (κ1) is 21.3. The first-order chi connectivity index (χ1) is 12.0. The Labute approximate surface area is 153 Å². The van der Waals surface area contributed by atoms with E-state index in [9.17, 15) is 19.5 Å². The van der Waals surface area contributed by atoms with Crippen molar-refractivity contribution in [2.45, 2.75) is 38.8 Å². The number of esters is 1. The maximum atomic E-state index is 12.2. The Balaban J connectivity index is 2.69. The summed E-state index contributed by atoms with van der Waals surface area (Å²) >= 11 is 0. The number of aromatic hydroxyl groups is 1. The first-order valence-corrected chi connectivity index (χ1v) is 8.11. The molecule has 0 aromatic heterocycles. The summed E-state index contributed by atoms with van der Waals surface area (Å²) < 4.78 is 9.89. The molecular formula is C18H26N2O6. The van der Waals surface area contributed by atoms with Crippen LogP contribution in [0.2, 0.25) is 0 Å². The molecule has 0 saturated heterocycles. The largest absolute Gasteiger partial charge is 0.508 e. The van der Waals surface area contributed by atoms with Gasteiger partial charge in [0.05, 0.1) is 7.11 Å². The molecule has 1 rings (SSSR count). The summed E-state index contributed by atoms with van der Waals surface area (Å²) in [6.45, 7) is 4.91. The summed E-state index contributed by atoms with van der Waals surface area (Å²) in [7, 11) is 2.66. The Morgan fingerprint density at radius 1 is 1.19 bits per heavy atom. The van der Waals surface area contributed by atoms with E-state index in [4.69, 9.17) is 9.47 Å². The molecule has 1 aromatic carbocycles. The third-order valence-electron chi connectivity index (χ3n) is 3.28. The van der Waals surface area contributed by atoms with Crippen LogP contribution in [0, 0.1) is 0 Å². The predicted molar refractivity (Wildman–Crippen MR) is 94.6 cm³/mol. The van der Waals surface area contributed by atoms with Gasteiger partial charge >= 0.3 is 12.1 Å². The molecule has 0 saturated carbocycles. The van der Waals surface area contributed by atoms with Crippen LogP contribution in [0.3, 0.4) is 0 Å². The second kappa shape index (κ2) is 9.07. The smallest absolute Gasteiger partial charge is 0.410 e. The van der Waals surface area contributed by atoms with E-state index >= 15 is 0 Å². The molecule has 0 radical (unpaired) electrons. The van der Waals surface area contributed by atoms with Crippen LogP contribution in [0.5, 0.6) is 5.75 Å². The van der Waals surface area contributed by atoms with Crippen LogP contribution in [0.4, 0.5) is 4.79 Å². The van der Waals surface area contributed by atoms with Crippen LogP contribution >= 0.6 is 0 Å². The number of likely N-dealkylation sites (N-methyl/N-ethyl adjacent to an activating group) is 1. The molecular weight excluding hydrogens is 340 g/mol. The van der Waals surface area contributed by atoms with E-state index in [1.54, 1.807) is 32.9 Å². The summed E-state index contributed by atoms with van der Waals surface area (Å²) in [6.07, 6.45) is -0.449. The molecule has 26 heavy (non-hydrogen) atoms. The maximum Gasteiger partial charge on any atom is 0.410 e. The van der Waals surface area contributed by atoms with Gasteiger partial charge in [0, 0.05) is 13.5 Å². The highest BCUT2D eigenvalue weighted by Gasteiger charge is 2.25. The van der Waals surface area contributed by atoms with Gasteiger partial charge in [-0.15, -0.1) is 0 Å². The fourth-order valence-corrected chi connectivity index (χ4v) is 2.06. The molecule has 1 atom stereocenters. The summed E-state index contributed by atoms with van der Waals surface area (Å²) in [5.41, 5.74) is 0.0638. The van der Waals surface area contributed by atoms with Crippen molar-refractivity contribution in [2.75, 3.05) is 20.7 Å². The number of hydrogen-bond acceptors (Lipinski definition) is 6. The quantitative estimate of drug-likeness (QED) is 0.739. The molecule has 0 aliphatic rings. The number of carbonyl (C=O) groups excluding carboxylic acids is 3. The van der Waals surface area contributed by atoms with Crippen molar-refractivity contribution in [3.05, 3.63) is 29.8 Å². The third-order valence-corrected chi connectivity index (χ3v) is 3.28. The highest BCUT2D eigenvalue weighted by molar-refractivity contribution is 5.87. The van der Waals surface area contributed by atoms with Crippen molar-refractivity contribution in [3.63, 3.8) is 0 Å². The topological polar surface area (TPSA) is 105 Å². The SMILES string of the molecule is COC(=O)C(Cc1ccc(O)cc1)NC(=O)CN(C)C(=O)OC(C)(C)C. The number of rotatable bonds is 6. The lowest BCUT2D eigenvalue weighted by atomic mass is 10.1. The Hall–Kier alpha value is -2.77. The van der Waals surface area contributed by atoms with Crippen molar-refractivity contribution < 1.29 is 29.0 Å². The minimum atomic E-state index is -0.913. The van der Waals surface area contributed by atoms with Gasteiger partial charge < -0.3 is 24.8 Å². The second-order valence-electron chi connectivity index (χ2n) is 6.85. The molecule has 0 heterocycles. The Kier molecular flexibility index (Phi) is 7.42. The lowest BCUT2D eigenvalue weighted by Gasteiger charge is -2.25. The number of nitrogens with zero attached hydrogens (tertiary/aromatic N) is 1. The van der Waals surface area contributed by atoms with Gasteiger partial charge in [-0.05, 0) is 38.5 Å². The van der Waals surface area contributed by atoms with Crippen LogP contribution in [-0.4, -0.2) is 60.3 Å². The molecule has 2 N–H and O–H groups in total. The van der Waals surface area contributed by atoms with Crippen LogP contribution in [0.15, 0.2) is 24.3 Å². The van der Waals surface area contributed by atoms with Crippen LogP contribution in [0.25, 0.3) is 0 Å². The Morgan fingerprint density at radius 3 is 2.27 bits per heavy atom. The van der Waals surface area contributed by atoms with Gasteiger partial charge in [-0.1, -0.05) is 12.1 Å². The van der Waals surface area contributed by atoms with Gasteiger partial charge in [0.25, 0.3) is 0 Å². The van der Waals surface area contributed by atoms with Gasteiger partial charge in [0.2, 0.25) is 5.91 Å². The van der Waals surface area contributed by atoms with Crippen molar-refractivity contribution in [3.8, 4) is 5.75 Å². The van der Waals surface area contributed by atoms with E-state index in [-0.39, 0.29) is 18.7 Å². The zero-order valence-corrected chi connectivity index (χ0v) is 15.7. The van der Waals surface area contributed by atoms with Crippen molar-refractivity contribution in [2.24, 2.45) is 0 Å². The summed E-state index contributed by atoms with van der Waals surface area (Å²) in [6, 6.07) is 5.35. The van der Waals surface area contributed by atoms with E-state index in [1.807, 2.05) is 0 Å². The monoisotopic (exact) mass is 366 g/mol. The molecule has 0 aliphatic carbocycles. The van der Waals surface area contributed by atoms with Gasteiger partial charge in [-0.3, -0.25) is 4.79 Å². The number of ether oxygens (including phenoxy) is 2. The molecule has 0 bridgehead atoms. The van der Waals surface area contributed by atoms with Gasteiger partial charge in [0.15, 0.2) is 0 Å². The lowest BCUT2D eigenvalue weighted by Crippen LogP contribution is -2.48. The third kappa shape index (κ3) is 7.42. The van der Waals surface area contributed by atoms with E-state index in [2.05, 4.69) is 5.32 Å². The zero-order chi connectivity index (χ0) is 19.9. The van der Waals surface area contributed by atoms with E-state index < -0.39 is 29.6 Å². The van der Waals surface area contributed by atoms with Crippen LogP contribution in [-0.2, 0) is 25.5 Å². The Bertz CT molecular complexity index is 636. The van der Waals surface area contributed by atoms with E-state index in [1.165, 1.54) is 26.3 Å². The highest BCUT2D eigenvalue weighted by atomic mass is 16.6. The highest BCUT2D eigenvalue weighted by Crippen LogP contribution is 2.12. The van der Waals surface area contributed by atoms with Crippen LogP contribution in [0.1, 0.15) is 26.3 Å². The number of phenolic OH excluding ortho intramolecular Hbond substituents is 1. The number of nitrogens with one attached hydrogen (secondary N) is 1. The first-order valence-electron chi connectivity index (χ1n) is 8.11. The minimum Gasteiger partial charge on any atom is -0.508 e. The lowest BCUT2D eigenvalue weighted by molar-refractivity contribution is -0.145. The minimum absolute atomic E-state index is 0.103. The summed E-state index contributed by atoms with van der Waals surface area (Å²) in [4.78, 5) is 37.1. The van der Waals surface area contributed by atoms with Crippen LogP contribution < -0.4 is 5.32 Å². The Morgan fingerprint density at radius 2 is 1.77 bits per heavy atom. The van der Waals surface area contributed by atoms with Gasteiger partial charge in [0.1, 0.15) is 23.9 Å². The van der Waals surface area contributed by atoms with E-state index in [0.29, 0.717) is 0 Å².